The number of ether oxygens (including phenoxy) is 13. The molecular weight excluding hydrogens is 917 g/mol. The van der Waals surface area contributed by atoms with Gasteiger partial charge >= 0.3 is 5.97 Å². The first-order valence-corrected chi connectivity index (χ1v) is 25.6. The number of carbonyl (C=O) groups is 2. The number of carbonyl (C=O) groups excluding carboxylic acids is 2. The van der Waals surface area contributed by atoms with Crippen LogP contribution in [0, 0.1) is 16.7 Å². The van der Waals surface area contributed by atoms with Crippen LogP contribution in [0.3, 0.4) is 0 Å². The van der Waals surface area contributed by atoms with Gasteiger partial charge in [0.1, 0.15) is 47.3 Å². The van der Waals surface area contributed by atoms with Crippen LogP contribution in [-0.4, -0.2) is 188 Å². The molecule has 70 heavy (non-hydrogen) atoms. The summed E-state index contributed by atoms with van der Waals surface area (Å²) in [6.07, 6.45) is -3.66. The second-order valence-electron chi connectivity index (χ2n) is 22.1. The van der Waals surface area contributed by atoms with Gasteiger partial charge in [0.25, 0.3) is 0 Å². The summed E-state index contributed by atoms with van der Waals surface area (Å²) in [6, 6.07) is 0. The number of fused-ring (bicyclic) bond motifs is 5. The highest BCUT2D eigenvalue weighted by molar-refractivity contribution is 5.87. The third-order valence-corrected chi connectivity index (χ3v) is 18.4. The molecule has 19 nitrogen and oxygen atoms in total. The Labute approximate surface area is 412 Å². The minimum atomic E-state index is -1.98. The lowest BCUT2D eigenvalue weighted by Gasteiger charge is -2.67. The summed E-state index contributed by atoms with van der Waals surface area (Å²) in [5.41, 5.74) is -6.71. The number of aliphatic hydroxyl groups is 4. The van der Waals surface area contributed by atoms with Gasteiger partial charge in [0, 0.05) is 67.0 Å². The van der Waals surface area contributed by atoms with Gasteiger partial charge in [-0.3, -0.25) is 9.59 Å². The minimum absolute atomic E-state index is 0.0177. The third kappa shape index (κ3) is 9.29. The molecule has 4 heterocycles. The largest absolute Gasteiger partial charge is 0.462 e. The predicted octanol–water partition coefficient (Wildman–Crippen LogP) is 3.54. The molecule has 0 spiro atoms. The highest BCUT2D eigenvalue weighted by atomic mass is 16.8. The molecule has 0 aromatic carbocycles. The van der Waals surface area contributed by atoms with Crippen molar-refractivity contribution in [1.29, 1.82) is 0 Å². The monoisotopic (exact) mass is 999 g/mol. The average molecular weight is 999 g/mol. The molecule has 24 atom stereocenters. The fourth-order valence-electron chi connectivity index (χ4n) is 14.3. The van der Waals surface area contributed by atoms with Crippen LogP contribution in [0.1, 0.15) is 126 Å². The van der Waals surface area contributed by atoms with E-state index in [1.807, 2.05) is 26.8 Å². The SMILES string of the molecule is CO[C@H]1C[C@H](O[C@H]2[C@@H](OC)C[C@H](O[C@H]3CC[C@@]4(C)C(=CC[C@]5(O)[C@@H]4C[C@@H](OC(C)=O)[C@@]4(C)[C@]5(O)CC[C@@]4(O)C(C)=O)C3)O[C@@H]2C)O[C@@H](C)[C@H]1O[C@H]1C[C@H](OC)[C@H](O[C@H]2C[C@@H](OC)[C@@H](O)[C@H](C)O2)[C@@H](C)O1. The van der Waals surface area contributed by atoms with E-state index in [2.05, 4.69) is 6.92 Å². The van der Waals surface area contributed by atoms with Gasteiger partial charge < -0.3 is 82.0 Å². The summed E-state index contributed by atoms with van der Waals surface area (Å²) in [4.78, 5) is 25.6. The zero-order valence-corrected chi connectivity index (χ0v) is 43.2. The van der Waals surface area contributed by atoms with Crippen LogP contribution in [0.25, 0.3) is 0 Å². The van der Waals surface area contributed by atoms with E-state index in [0.717, 1.165) is 5.57 Å². The number of Topliss-reactive ketones (excluding diaryl/α,β-unsaturated/α-hetero) is 1. The van der Waals surface area contributed by atoms with Gasteiger partial charge in [-0.25, -0.2) is 0 Å². The fourth-order valence-corrected chi connectivity index (χ4v) is 14.3. The van der Waals surface area contributed by atoms with Crippen LogP contribution in [-0.2, 0) is 71.2 Å². The molecule has 0 radical (unpaired) electrons. The molecule has 4 N–H and O–H groups in total. The molecule has 19 heteroatoms. The number of hydrogen-bond donors (Lipinski definition) is 4. The first-order chi connectivity index (χ1) is 33.0. The van der Waals surface area contributed by atoms with E-state index in [9.17, 15) is 30.0 Å². The summed E-state index contributed by atoms with van der Waals surface area (Å²) in [7, 11) is 6.48. The number of hydrogen-bond acceptors (Lipinski definition) is 19. The van der Waals surface area contributed by atoms with Crippen molar-refractivity contribution in [3.05, 3.63) is 11.6 Å². The van der Waals surface area contributed by atoms with E-state index in [1.165, 1.54) is 13.8 Å². The van der Waals surface area contributed by atoms with E-state index in [4.69, 9.17) is 61.6 Å². The van der Waals surface area contributed by atoms with Crippen molar-refractivity contribution < 1.29 is 91.6 Å². The highest BCUT2D eigenvalue weighted by Crippen LogP contribution is 2.71. The molecule has 0 aromatic heterocycles. The van der Waals surface area contributed by atoms with Gasteiger partial charge in [-0.15, -0.1) is 0 Å². The Morgan fingerprint density at radius 2 is 1.09 bits per heavy atom. The van der Waals surface area contributed by atoms with E-state index < -0.39 is 138 Å². The van der Waals surface area contributed by atoms with Crippen molar-refractivity contribution in [2.45, 2.75) is 253 Å². The zero-order valence-electron chi connectivity index (χ0n) is 43.2. The molecule has 8 aliphatic rings. The average Bonchev–Trinajstić information content (AvgIpc) is 3.54. The molecule has 4 aliphatic heterocycles. The number of aliphatic hydroxyl groups excluding tert-OH is 1. The number of methoxy groups -OCH3 is 4. The van der Waals surface area contributed by atoms with Crippen LogP contribution in [0.4, 0.5) is 0 Å². The van der Waals surface area contributed by atoms with Gasteiger partial charge in [-0.1, -0.05) is 18.6 Å². The maximum absolute atomic E-state index is 13.1. The van der Waals surface area contributed by atoms with Crippen molar-refractivity contribution in [3.8, 4) is 0 Å². The molecule has 0 aromatic rings. The Morgan fingerprint density at radius 1 is 0.629 bits per heavy atom. The number of ketones is 1. The van der Waals surface area contributed by atoms with Crippen LogP contribution < -0.4 is 0 Å². The van der Waals surface area contributed by atoms with Crippen LogP contribution in [0.15, 0.2) is 11.6 Å². The van der Waals surface area contributed by atoms with E-state index in [0.29, 0.717) is 44.9 Å². The smallest absolute Gasteiger partial charge is 0.302 e. The first-order valence-electron chi connectivity index (χ1n) is 25.6. The molecule has 400 valence electrons. The molecule has 0 amide bonds. The molecule has 4 aliphatic carbocycles. The number of esters is 1. The molecule has 7 fully saturated rings. The lowest BCUT2D eigenvalue weighted by Crippen LogP contribution is -2.78. The van der Waals surface area contributed by atoms with Crippen molar-refractivity contribution in [2.75, 3.05) is 28.4 Å². The molecule has 0 bridgehead atoms. The Hall–Kier alpha value is -1.76. The summed E-state index contributed by atoms with van der Waals surface area (Å²) in [6.45, 7) is 13.8. The van der Waals surface area contributed by atoms with E-state index >= 15 is 0 Å². The van der Waals surface area contributed by atoms with Crippen LogP contribution >= 0.6 is 0 Å². The van der Waals surface area contributed by atoms with Gasteiger partial charge in [-0.05, 0) is 91.9 Å². The van der Waals surface area contributed by atoms with Crippen molar-refractivity contribution >= 4 is 11.8 Å². The standard InChI is InChI=1S/C51H82O19/c1-25-43(54)33(58-9)20-40(62-25)68-45-27(3)64-42(22-35(45)60-11)70-46-28(4)65-41(23-36(46)61-12)69-44-26(2)63-39(21-34(44)59-10)67-32-14-15-47(7)31(19-32)13-16-50(56)37(47)24-38(66-30(6)53)48(8)49(55,29(5)52)17-18-51(48,50)57/h13,25-28,32-46,54-57H,14-24H2,1-12H3/t25-,26+,27+,28-,32-,33+,34-,35-,36-,37+,38+,39-,40-,41-,42-,43-,44+,45+,46+,47-,48+,49+,50-,51+/m0/s1. The Morgan fingerprint density at radius 3 is 1.54 bits per heavy atom. The first kappa shape index (κ1) is 54.5. The fraction of sp³-hybridized carbons (Fsp3) is 0.922. The Kier molecular flexibility index (Phi) is 16.2. The third-order valence-electron chi connectivity index (χ3n) is 18.4. The maximum Gasteiger partial charge on any atom is 0.302 e. The van der Waals surface area contributed by atoms with Crippen molar-refractivity contribution in [1.82, 2.24) is 0 Å². The lowest BCUT2D eigenvalue weighted by molar-refractivity contribution is -0.347. The van der Waals surface area contributed by atoms with Crippen molar-refractivity contribution in [2.24, 2.45) is 16.7 Å². The molecule has 4 saturated heterocycles. The summed E-state index contributed by atoms with van der Waals surface area (Å²) in [5.74, 6) is -1.64. The Balaban J connectivity index is 0.862. The second-order valence-corrected chi connectivity index (χ2v) is 22.1. The molecule has 3 saturated carbocycles. The normalized spacial score (nSPS) is 51.7. The molecular formula is C51H82O19. The Bertz CT molecular complexity index is 1890. The van der Waals surface area contributed by atoms with Crippen LogP contribution in [0.5, 0.6) is 0 Å². The van der Waals surface area contributed by atoms with E-state index in [-0.39, 0.29) is 44.0 Å². The lowest BCUT2D eigenvalue weighted by atomic mass is 9.42. The van der Waals surface area contributed by atoms with Gasteiger partial charge in [-0.2, -0.15) is 0 Å². The minimum Gasteiger partial charge on any atom is -0.462 e. The van der Waals surface area contributed by atoms with E-state index in [1.54, 1.807) is 42.3 Å². The molecule has 0 unspecified atom stereocenters. The van der Waals surface area contributed by atoms with Crippen molar-refractivity contribution in [3.63, 3.8) is 0 Å². The van der Waals surface area contributed by atoms with Gasteiger partial charge in [0.15, 0.2) is 30.9 Å². The summed E-state index contributed by atoms with van der Waals surface area (Å²) < 4.78 is 81.0. The van der Waals surface area contributed by atoms with Crippen LogP contribution in [0.2, 0.25) is 0 Å². The van der Waals surface area contributed by atoms with Gasteiger partial charge in [0.2, 0.25) is 0 Å². The maximum atomic E-state index is 13.1. The predicted molar refractivity (Wildman–Crippen MR) is 246 cm³/mol. The zero-order chi connectivity index (χ0) is 50.9. The molecule has 8 rings (SSSR count). The highest BCUT2D eigenvalue weighted by Gasteiger charge is 2.81. The topological polar surface area (TPSA) is 235 Å². The summed E-state index contributed by atoms with van der Waals surface area (Å²) >= 11 is 0. The summed E-state index contributed by atoms with van der Waals surface area (Å²) in [5, 5.41) is 47.7. The number of rotatable bonds is 14. The quantitative estimate of drug-likeness (QED) is 0.144. The van der Waals surface area contributed by atoms with Gasteiger partial charge in [0.05, 0.1) is 60.4 Å². The second kappa shape index (κ2) is 20.8.